The van der Waals surface area contributed by atoms with Gasteiger partial charge in [-0.05, 0) is 72.7 Å². The quantitative estimate of drug-likeness (QED) is 0.350. The lowest BCUT2D eigenvalue weighted by atomic mass is 9.53. The van der Waals surface area contributed by atoms with Crippen molar-refractivity contribution in [2.24, 2.45) is 17.8 Å². The van der Waals surface area contributed by atoms with Crippen molar-refractivity contribution in [2.75, 3.05) is 6.54 Å². The number of pyridine rings is 1. The minimum Gasteiger partial charge on any atom is -0.289 e. The fraction of sp³-hybridized carbons (Fsp3) is 0.581. The molecule has 0 radical (unpaired) electrons. The predicted molar refractivity (Wildman–Crippen MR) is 154 cm³/mol. The average molecular weight is 501 g/mol. The number of piperidine rings is 1. The first-order valence-corrected chi connectivity index (χ1v) is 20.8. The Morgan fingerprint density at radius 2 is 1.83 bits per heavy atom. The first-order chi connectivity index (χ1) is 16.5. The zero-order chi connectivity index (χ0) is 25.0. The summed E-state index contributed by atoms with van der Waals surface area (Å²) >= 11 is 0. The molecule has 4 heteroatoms. The largest absolute Gasteiger partial charge is 0.289 e. The van der Waals surface area contributed by atoms with Crippen molar-refractivity contribution in [1.82, 2.24) is 9.88 Å². The highest BCUT2D eigenvalue weighted by atomic mass is 28.3. The van der Waals surface area contributed by atoms with Gasteiger partial charge in [0.2, 0.25) is 0 Å². The van der Waals surface area contributed by atoms with E-state index in [-0.39, 0.29) is 5.54 Å². The molecule has 2 heterocycles. The molecule has 0 spiro atoms. The first kappa shape index (κ1) is 25.0. The van der Waals surface area contributed by atoms with Gasteiger partial charge in [-0.2, -0.15) is 0 Å². The van der Waals surface area contributed by atoms with Crippen molar-refractivity contribution in [1.29, 1.82) is 0 Å². The lowest BCUT2D eigenvalue weighted by Crippen LogP contribution is -2.62. The third-order valence-corrected chi connectivity index (χ3v) is 11.5. The van der Waals surface area contributed by atoms with Crippen molar-refractivity contribution in [2.45, 2.75) is 90.4 Å². The number of benzene rings is 1. The van der Waals surface area contributed by atoms with Gasteiger partial charge in [-0.15, -0.1) is 5.54 Å². The lowest BCUT2D eigenvalue weighted by Gasteiger charge is -2.61. The maximum Gasteiger partial charge on any atom is 0.129 e. The highest BCUT2D eigenvalue weighted by molar-refractivity contribution is 6.89. The predicted octanol–water partition coefficient (Wildman–Crippen LogP) is 6.57. The molecule has 35 heavy (non-hydrogen) atoms. The Morgan fingerprint density at radius 3 is 2.51 bits per heavy atom. The summed E-state index contributed by atoms with van der Waals surface area (Å²) < 4.78 is 0. The van der Waals surface area contributed by atoms with E-state index in [9.17, 15) is 0 Å². The van der Waals surface area contributed by atoms with Crippen molar-refractivity contribution in [3.05, 3.63) is 58.9 Å². The summed E-state index contributed by atoms with van der Waals surface area (Å²) in [5.74, 6) is 5.91. The summed E-state index contributed by atoms with van der Waals surface area (Å²) in [4.78, 5) is 8.36. The Bertz CT molecular complexity index is 1150. The second-order valence-corrected chi connectivity index (χ2v) is 23.5. The third kappa shape index (κ3) is 4.72. The number of hydrogen-bond acceptors (Lipinski definition) is 2. The van der Waals surface area contributed by atoms with E-state index < -0.39 is 16.1 Å². The molecule has 1 saturated carbocycles. The van der Waals surface area contributed by atoms with E-state index in [2.05, 4.69) is 99.0 Å². The van der Waals surface area contributed by atoms with Crippen LogP contribution in [0.25, 0.3) is 0 Å². The first-order valence-electron chi connectivity index (χ1n) is 13.8. The molecule has 5 rings (SSSR count). The molecule has 1 aromatic carbocycles. The number of rotatable bonds is 3. The van der Waals surface area contributed by atoms with Crippen molar-refractivity contribution in [3.63, 3.8) is 0 Å². The van der Waals surface area contributed by atoms with Gasteiger partial charge >= 0.3 is 0 Å². The zero-order valence-corrected chi connectivity index (χ0v) is 25.0. The van der Waals surface area contributed by atoms with E-state index in [4.69, 9.17) is 4.98 Å². The molecule has 4 atom stereocenters. The topological polar surface area (TPSA) is 16.1 Å². The summed E-state index contributed by atoms with van der Waals surface area (Å²) in [5.41, 5.74) is 9.29. The standard InChI is InChI=1S/C31H44N2Si2/c1-23-18-25-19-29-27(20-30(35(5,6)7)28(32-29)15-17-34(2,3)4)31(21-23)26(25)14-11-16-33(31)22-24-12-9-8-10-13-24/h8-10,12-13,20,23,25-26H,11,14,16,18-19,21-22H2,1-7H3/t23-,25+,26-,31-/m1/s1. The molecule has 2 aliphatic carbocycles. The van der Waals surface area contributed by atoms with Gasteiger partial charge in [0.15, 0.2) is 0 Å². The Morgan fingerprint density at radius 1 is 1.09 bits per heavy atom. The lowest BCUT2D eigenvalue weighted by molar-refractivity contribution is -0.0967. The van der Waals surface area contributed by atoms with E-state index >= 15 is 0 Å². The summed E-state index contributed by atoms with van der Waals surface area (Å²) in [6.45, 7) is 19.2. The molecule has 3 aliphatic rings. The average Bonchev–Trinajstić information content (AvgIpc) is 2.77. The minimum absolute atomic E-state index is 0.135. The van der Waals surface area contributed by atoms with Gasteiger partial charge in [0.25, 0.3) is 0 Å². The molecular weight excluding hydrogens is 457 g/mol. The zero-order valence-electron chi connectivity index (χ0n) is 23.0. The third-order valence-electron chi connectivity index (χ3n) is 8.66. The van der Waals surface area contributed by atoms with E-state index in [0.717, 1.165) is 36.4 Å². The van der Waals surface area contributed by atoms with Crippen LogP contribution in [-0.4, -0.2) is 32.6 Å². The van der Waals surface area contributed by atoms with Crippen LogP contribution in [0.5, 0.6) is 0 Å². The molecule has 1 aliphatic heterocycles. The number of fused-ring (bicyclic) bond motifs is 1. The molecule has 1 aromatic heterocycles. The van der Waals surface area contributed by atoms with Gasteiger partial charge in [0.05, 0.1) is 13.6 Å². The Hall–Kier alpha value is -1.68. The summed E-state index contributed by atoms with van der Waals surface area (Å²) in [7, 11) is -3.08. The van der Waals surface area contributed by atoms with Crippen molar-refractivity contribution in [3.8, 4) is 11.5 Å². The summed E-state index contributed by atoms with van der Waals surface area (Å²) in [6.07, 6.45) is 6.49. The van der Waals surface area contributed by atoms with E-state index in [1.165, 1.54) is 48.7 Å². The Balaban J connectivity index is 1.70. The van der Waals surface area contributed by atoms with Crippen LogP contribution in [0, 0.1) is 29.2 Å². The van der Waals surface area contributed by atoms with Crippen LogP contribution in [0.1, 0.15) is 55.1 Å². The molecule has 2 bridgehead atoms. The Labute approximate surface area is 216 Å². The maximum absolute atomic E-state index is 5.47. The molecule has 2 fully saturated rings. The van der Waals surface area contributed by atoms with E-state index in [1.54, 1.807) is 5.56 Å². The molecule has 1 saturated heterocycles. The number of nitrogens with zero attached hydrogens (tertiary/aromatic N) is 2. The molecule has 186 valence electrons. The second-order valence-electron chi connectivity index (χ2n) is 13.7. The van der Waals surface area contributed by atoms with Crippen LogP contribution in [-0.2, 0) is 18.5 Å². The van der Waals surface area contributed by atoms with Crippen LogP contribution in [0.2, 0.25) is 39.3 Å². The monoisotopic (exact) mass is 500 g/mol. The van der Waals surface area contributed by atoms with Crippen molar-refractivity contribution >= 4 is 21.3 Å². The number of aromatic nitrogens is 1. The minimum atomic E-state index is -1.62. The molecule has 0 N–H and O–H groups in total. The molecule has 2 nitrogen and oxygen atoms in total. The van der Waals surface area contributed by atoms with E-state index in [1.807, 2.05) is 0 Å². The highest BCUT2D eigenvalue weighted by Crippen LogP contribution is 2.59. The fourth-order valence-electron chi connectivity index (χ4n) is 7.35. The molecule has 0 amide bonds. The van der Waals surface area contributed by atoms with E-state index in [0.29, 0.717) is 0 Å². The maximum atomic E-state index is 5.47. The SMILES string of the molecule is C[C@@H]1C[C@H]2Cc3nc(C#C[Si](C)(C)C)c([Si](C)(C)C)cc3[C@@]3(C1)[C@@H]2CCCN3Cc1ccccc1. The molecular formula is C31H44N2Si2. The van der Waals surface area contributed by atoms with Crippen LogP contribution >= 0.6 is 0 Å². The fourth-order valence-corrected chi connectivity index (χ4v) is 9.25. The normalized spacial score (nSPS) is 28.5. The Kier molecular flexibility index (Phi) is 6.44. The summed E-state index contributed by atoms with van der Waals surface area (Å²) in [6, 6.07) is 13.8. The van der Waals surface area contributed by atoms with Crippen LogP contribution in [0.3, 0.4) is 0 Å². The van der Waals surface area contributed by atoms with Gasteiger partial charge in [-0.1, -0.05) is 88.5 Å². The van der Waals surface area contributed by atoms with Crippen molar-refractivity contribution < 1.29 is 0 Å². The molecule has 0 unspecified atom stereocenters. The van der Waals surface area contributed by atoms with Crippen LogP contribution < -0.4 is 5.19 Å². The van der Waals surface area contributed by atoms with Gasteiger partial charge in [0, 0.05) is 12.2 Å². The smallest absolute Gasteiger partial charge is 0.129 e. The van der Waals surface area contributed by atoms with Crippen LogP contribution in [0.4, 0.5) is 0 Å². The van der Waals surface area contributed by atoms with Crippen LogP contribution in [0.15, 0.2) is 36.4 Å². The number of hydrogen-bond donors (Lipinski definition) is 0. The molecule has 2 aromatic rings. The number of likely N-dealkylation sites (tertiary alicyclic amines) is 1. The summed E-state index contributed by atoms with van der Waals surface area (Å²) in [5, 5.41) is 1.48. The van der Waals surface area contributed by atoms with Gasteiger partial charge in [-0.3, -0.25) is 4.90 Å². The highest BCUT2D eigenvalue weighted by Gasteiger charge is 2.57. The van der Waals surface area contributed by atoms with Gasteiger partial charge in [-0.25, -0.2) is 4.98 Å². The van der Waals surface area contributed by atoms with Gasteiger partial charge in [0.1, 0.15) is 13.8 Å². The second kappa shape index (κ2) is 9.01. The van der Waals surface area contributed by atoms with Gasteiger partial charge < -0.3 is 0 Å².